The number of anilines is 3. The second-order valence-electron chi connectivity index (χ2n) is 15.5. The zero-order valence-electron chi connectivity index (χ0n) is 30.5. The van der Waals surface area contributed by atoms with Crippen LogP contribution in [-0.2, 0) is 5.41 Å². The SMILES string of the molecule is Cc1cc(C)c(N(c2ccc3c(c2)C(C)(C)c2ccccc2-3)c2cc3oc4cc5oc6ccc7ccccc7c6c5cc4c3c3ccccc23)c(C)c1. The molecule has 0 spiro atoms. The van der Waals surface area contributed by atoms with Gasteiger partial charge >= 0.3 is 0 Å². The van der Waals surface area contributed by atoms with Crippen LogP contribution in [0.15, 0.2) is 142 Å². The van der Waals surface area contributed by atoms with Crippen LogP contribution in [0.3, 0.4) is 0 Å². The summed E-state index contributed by atoms with van der Waals surface area (Å²) in [4.78, 5) is 2.48. The van der Waals surface area contributed by atoms with E-state index in [0.717, 1.165) is 60.6 Å². The largest absolute Gasteiger partial charge is 0.456 e. The number of nitrogens with zero attached hydrogens (tertiary/aromatic N) is 1. The van der Waals surface area contributed by atoms with Gasteiger partial charge in [-0.3, -0.25) is 0 Å². The second-order valence-corrected chi connectivity index (χ2v) is 15.5. The third kappa shape index (κ3) is 4.16. The van der Waals surface area contributed by atoms with E-state index in [2.05, 4.69) is 173 Å². The molecular weight excluding hydrogens is 647 g/mol. The van der Waals surface area contributed by atoms with Crippen LogP contribution in [0, 0.1) is 20.8 Å². The average Bonchev–Trinajstić information content (AvgIpc) is 3.78. The highest BCUT2D eigenvalue weighted by atomic mass is 16.3. The van der Waals surface area contributed by atoms with Gasteiger partial charge in [-0.15, -0.1) is 0 Å². The summed E-state index contributed by atoms with van der Waals surface area (Å²) >= 11 is 0. The predicted octanol–water partition coefficient (Wildman–Crippen LogP) is 14.5. The molecule has 0 aliphatic heterocycles. The van der Waals surface area contributed by atoms with Crippen LogP contribution in [0.2, 0.25) is 0 Å². The third-order valence-corrected chi connectivity index (χ3v) is 11.9. The van der Waals surface area contributed by atoms with Gasteiger partial charge in [0.2, 0.25) is 0 Å². The number of furan rings is 2. The van der Waals surface area contributed by atoms with Gasteiger partial charge in [0.1, 0.15) is 22.3 Å². The summed E-state index contributed by atoms with van der Waals surface area (Å²) in [6, 6.07) is 48.7. The molecule has 3 nitrogen and oxygen atoms in total. The number of aryl methyl sites for hydroxylation is 3. The molecule has 53 heavy (non-hydrogen) atoms. The molecule has 2 aromatic heterocycles. The summed E-state index contributed by atoms with van der Waals surface area (Å²) in [5, 5.41) is 9.21. The molecule has 0 N–H and O–H groups in total. The van der Waals surface area contributed by atoms with Crippen LogP contribution in [-0.4, -0.2) is 0 Å². The maximum atomic E-state index is 6.86. The molecule has 0 radical (unpaired) electrons. The Labute approximate surface area is 307 Å². The highest BCUT2D eigenvalue weighted by Crippen LogP contribution is 2.52. The summed E-state index contributed by atoms with van der Waals surface area (Å²) in [5.74, 6) is 0. The Morgan fingerprint density at radius 1 is 0.472 bits per heavy atom. The molecule has 0 saturated heterocycles. The summed E-state index contributed by atoms with van der Waals surface area (Å²) < 4.78 is 13.3. The van der Waals surface area contributed by atoms with Gasteiger partial charge in [0.05, 0.1) is 11.4 Å². The van der Waals surface area contributed by atoms with E-state index in [1.165, 1.54) is 60.8 Å². The van der Waals surface area contributed by atoms with Crippen molar-refractivity contribution in [1.29, 1.82) is 0 Å². The lowest BCUT2D eigenvalue weighted by atomic mass is 9.82. The first-order chi connectivity index (χ1) is 25.8. The second kappa shape index (κ2) is 10.6. The van der Waals surface area contributed by atoms with Crippen molar-refractivity contribution in [2.45, 2.75) is 40.0 Å². The number of rotatable bonds is 3. The molecular formula is C50H37NO2. The van der Waals surface area contributed by atoms with Crippen LogP contribution >= 0.6 is 0 Å². The molecule has 11 rings (SSSR count). The molecule has 1 aliphatic rings. The quantitative estimate of drug-likeness (QED) is 0.186. The normalized spacial score (nSPS) is 13.5. The van der Waals surface area contributed by atoms with Crippen LogP contribution < -0.4 is 4.90 Å². The van der Waals surface area contributed by atoms with Crippen molar-refractivity contribution in [3.05, 3.63) is 161 Å². The van der Waals surface area contributed by atoms with Gasteiger partial charge in [-0.05, 0) is 94.6 Å². The summed E-state index contributed by atoms with van der Waals surface area (Å²) in [5.41, 5.74) is 15.8. The van der Waals surface area contributed by atoms with E-state index in [9.17, 15) is 0 Å². The van der Waals surface area contributed by atoms with Gasteiger partial charge in [0.25, 0.3) is 0 Å². The van der Waals surface area contributed by atoms with E-state index in [0.29, 0.717) is 0 Å². The molecule has 10 aromatic rings. The number of hydrogen-bond donors (Lipinski definition) is 0. The number of benzene rings is 8. The number of fused-ring (bicyclic) bond motifs is 13. The van der Waals surface area contributed by atoms with Crippen LogP contribution in [0.1, 0.15) is 41.7 Å². The monoisotopic (exact) mass is 683 g/mol. The van der Waals surface area contributed by atoms with E-state index in [4.69, 9.17) is 8.83 Å². The van der Waals surface area contributed by atoms with E-state index in [-0.39, 0.29) is 5.41 Å². The van der Waals surface area contributed by atoms with Crippen molar-refractivity contribution in [3.8, 4) is 11.1 Å². The minimum absolute atomic E-state index is 0.123. The maximum absolute atomic E-state index is 6.86. The van der Waals surface area contributed by atoms with Crippen molar-refractivity contribution in [2.75, 3.05) is 4.90 Å². The average molecular weight is 684 g/mol. The molecule has 2 heterocycles. The lowest BCUT2D eigenvalue weighted by molar-refractivity contribution is 0.656. The van der Waals surface area contributed by atoms with Gasteiger partial charge < -0.3 is 13.7 Å². The van der Waals surface area contributed by atoms with Crippen LogP contribution in [0.4, 0.5) is 17.1 Å². The van der Waals surface area contributed by atoms with Crippen LogP contribution in [0.5, 0.6) is 0 Å². The van der Waals surface area contributed by atoms with E-state index in [1.807, 2.05) is 0 Å². The van der Waals surface area contributed by atoms with E-state index >= 15 is 0 Å². The molecule has 0 amide bonds. The molecule has 0 saturated carbocycles. The fraction of sp³-hybridized carbons (Fsp3) is 0.120. The molecule has 1 aliphatic carbocycles. The van der Waals surface area contributed by atoms with Crippen molar-refractivity contribution in [2.24, 2.45) is 0 Å². The lowest BCUT2D eigenvalue weighted by Gasteiger charge is -2.31. The Morgan fingerprint density at radius 3 is 1.91 bits per heavy atom. The zero-order chi connectivity index (χ0) is 35.7. The summed E-state index contributed by atoms with van der Waals surface area (Å²) in [6.45, 7) is 11.4. The van der Waals surface area contributed by atoms with Crippen LogP contribution in [0.25, 0.3) is 76.5 Å². The molecule has 0 fully saturated rings. The Balaban J connectivity index is 1.21. The first-order valence-corrected chi connectivity index (χ1v) is 18.5. The standard InChI is InChI=1S/C50H37NO2/c1-28-22-29(2)49(30(3)23-28)51(32-19-20-35-34-14-10-11-17-40(34)50(4,5)41(35)24-32)42-26-46-48(37-16-9-8-15-36(37)42)39-25-38-44(27-45(39)53-46)52-43-21-18-31-12-6-7-13-33(31)47(38)43/h6-27H,1-5H3. The minimum Gasteiger partial charge on any atom is -0.456 e. The molecule has 0 bridgehead atoms. The van der Waals surface area contributed by atoms with Crippen molar-refractivity contribution in [1.82, 2.24) is 0 Å². The van der Waals surface area contributed by atoms with Gasteiger partial charge in [-0.2, -0.15) is 0 Å². The zero-order valence-corrected chi connectivity index (χ0v) is 30.5. The topological polar surface area (TPSA) is 29.5 Å². The molecule has 3 heteroatoms. The first-order valence-electron chi connectivity index (χ1n) is 18.5. The van der Waals surface area contributed by atoms with E-state index in [1.54, 1.807) is 0 Å². The van der Waals surface area contributed by atoms with Crippen molar-refractivity contribution >= 4 is 82.5 Å². The predicted molar refractivity (Wildman–Crippen MR) is 222 cm³/mol. The molecule has 254 valence electrons. The van der Waals surface area contributed by atoms with Gasteiger partial charge in [0.15, 0.2) is 0 Å². The van der Waals surface area contributed by atoms with Gasteiger partial charge in [0, 0.05) is 50.2 Å². The summed E-state index contributed by atoms with van der Waals surface area (Å²) in [6.07, 6.45) is 0. The van der Waals surface area contributed by atoms with Crippen molar-refractivity contribution < 1.29 is 8.83 Å². The Morgan fingerprint density at radius 2 is 1.11 bits per heavy atom. The Bertz CT molecular complexity index is 3170. The first kappa shape index (κ1) is 30.3. The van der Waals surface area contributed by atoms with E-state index < -0.39 is 0 Å². The minimum atomic E-state index is -0.123. The van der Waals surface area contributed by atoms with Crippen molar-refractivity contribution in [3.63, 3.8) is 0 Å². The van der Waals surface area contributed by atoms with Gasteiger partial charge in [-0.25, -0.2) is 0 Å². The highest BCUT2D eigenvalue weighted by Gasteiger charge is 2.36. The lowest BCUT2D eigenvalue weighted by Crippen LogP contribution is -2.17. The van der Waals surface area contributed by atoms with Gasteiger partial charge in [-0.1, -0.05) is 116 Å². The fourth-order valence-corrected chi connectivity index (χ4v) is 9.59. The third-order valence-electron chi connectivity index (χ3n) is 11.9. The molecule has 8 aromatic carbocycles. The number of hydrogen-bond acceptors (Lipinski definition) is 3. The Kier molecular flexibility index (Phi) is 6.07. The smallest absolute Gasteiger partial charge is 0.139 e. The fourth-order valence-electron chi connectivity index (χ4n) is 9.59. The molecule has 0 atom stereocenters. The maximum Gasteiger partial charge on any atom is 0.139 e. The molecule has 0 unspecified atom stereocenters. The highest BCUT2D eigenvalue weighted by molar-refractivity contribution is 6.27. The summed E-state index contributed by atoms with van der Waals surface area (Å²) in [7, 11) is 0. The Hall–Kier alpha value is -6.32.